The molecular formula is C26H33Cl2N7O2. The SMILES string of the molecule is COc1cc(C(=O)N2CCN(C)CC2)ccc1N/C(N)=C/C1=C(N)NCCN1Cc1cc(Cl)ccc1Cl. The number of ether oxygens (including phenoxy) is 1. The van der Waals surface area contributed by atoms with E-state index in [-0.39, 0.29) is 5.91 Å². The summed E-state index contributed by atoms with van der Waals surface area (Å²) < 4.78 is 5.57. The number of carbonyl (C=O) groups is 1. The average Bonchev–Trinajstić information content (AvgIpc) is 2.88. The number of methoxy groups -OCH3 is 1. The van der Waals surface area contributed by atoms with Gasteiger partial charge in [0.05, 0.1) is 18.5 Å². The van der Waals surface area contributed by atoms with Gasteiger partial charge in [-0.05, 0) is 49.0 Å². The van der Waals surface area contributed by atoms with Crippen molar-refractivity contribution in [3.8, 4) is 5.75 Å². The minimum atomic E-state index is -0.0111. The summed E-state index contributed by atoms with van der Waals surface area (Å²) in [6, 6.07) is 10.7. The molecule has 2 aliphatic rings. The first-order chi connectivity index (χ1) is 17.7. The van der Waals surface area contributed by atoms with E-state index in [1.807, 2.05) is 11.0 Å². The zero-order chi connectivity index (χ0) is 26.5. The lowest BCUT2D eigenvalue weighted by atomic mass is 10.1. The second kappa shape index (κ2) is 11.9. The van der Waals surface area contributed by atoms with Gasteiger partial charge < -0.3 is 41.5 Å². The Labute approximate surface area is 227 Å². The van der Waals surface area contributed by atoms with E-state index in [9.17, 15) is 4.79 Å². The Morgan fingerprint density at radius 1 is 1.14 bits per heavy atom. The summed E-state index contributed by atoms with van der Waals surface area (Å²) in [5.41, 5.74) is 15.5. The summed E-state index contributed by atoms with van der Waals surface area (Å²) in [5, 5.41) is 7.60. The number of allylic oxidation sites excluding steroid dienone is 1. The van der Waals surface area contributed by atoms with Crippen LogP contribution in [0.5, 0.6) is 5.75 Å². The van der Waals surface area contributed by atoms with Crippen LogP contribution in [0.1, 0.15) is 15.9 Å². The number of amides is 1. The van der Waals surface area contributed by atoms with E-state index >= 15 is 0 Å². The summed E-state index contributed by atoms with van der Waals surface area (Å²) >= 11 is 12.6. The second-order valence-corrected chi connectivity index (χ2v) is 9.96. The Kier molecular flexibility index (Phi) is 8.58. The molecule has 9 nitrogen and oxygen atoms in total. The molecule has 1 amide bonds. The Bertz CT molecular complexity index is 1210. The number of carbonyl (C=O) groups excluding carboxylic acids is 1. The largest absolute Gasteiger partial charge is 0.495 e. The molecule has 0 spiro atoms. The van der Waals surface area contributed by atoms with Gasteiger partial charge in [0.15, 0.2) is 0 Å². The molecule has 2 aliphatic heterocycles. The van der Waals surface area contributed by atoms with Crippen molar-refractivity contribution in [1.82, 2.24) is 20.0 Å². The van der Waals surface area contributed by atoms with E-state index in [0.717, 1.165) is 24.4 Å². The molecule has 198 valence electrons. The van der Waals surface area contributed by atoms with Crippen LogP contribution < -0.4 is 26.8 Å². The van der Waals surface area contributed by atoms with Crippen molar-refractivity contribution in [2.45, 2.75) is 6.54 Å². The monoisotopic (exact) mass is 545 g/mol. The summed E-state index contributed by atoms with van der Waals surface area (Å²) in [4.78, 5) is 19.1. The van der Waals surface area contributed by atoms with Crippen LogP contribution in [-0.4, -0.2) is 74.0 Å². The van der Waals surface area contributed by atoms with Crippen LogP contribution in [0.25, 0.3) is 0 Å². The summed E-state index contributed by atoms with van der Waals surface area (Å²) in [6.07, 6.45) is 1.77. The lowest BCUT2D eigenvalue weighted by Gasteiger charge is -2.32. The predicted molar refractivity (Wildman–Crippen MR) is 148 cm³/mol. The van der Waals surface area contributed by atoms with E-state index in [0.29, 0.717) is 71.4 Å². The minimum Gasteiger partial charge on any atom is -0.495 e. The number of nitrogens with two attached hydrogens (primary N) is 2. The third kappa shape index (κ3) is 6.54. The topological polar surface area (TPSA) is 112 Å². The number of piperazine rings is 1. The Morgan fingerprint density at radius 3 is 2.62 bits per heavy atom. The molecule has 37 heavy (non-hydrogen) atoms. The molecular weight excluding hydrogens is 513 g/mol. The number of benzene rings is 2. The maximum absolute atomic E-state index is 13.0. The number of nitrogens with zero attached hydrogens (tertiary/aromatic N) is 3. The average molecular weight is 547 g/mol. The third-order valence-electron chi connectivity index (χ3n) is 6.49. The van der Waals surface area contributed by atoms with Crippen molar-refractivity contribution < 1.29 is 9.53 Å². The van der Waals surface area contributed by atoms with Crippen LogP contribution in [-0.2, 0) is 6.54 Å². The highest BCUT2D eigenvalue weighted by molar-refractivity contribution is 6.33. The molecule has 0 unspecified atom stereocenters. The molecule has 2 heterocycles. The van der Waals surface area contributed by atoms with Gasteiger partial charge in [0.2, 0.25) is 0 Å². The maximum atomic E-state index is 13.0. The molecule has 6 N–H and O–H groups in total. The second-order valence-electron chi connectivity index (χ2n) is 9.12. The highest BCUT2D eigenvalue weighted by Gasteiger charge is 2.22. The molecule has 0 radical (unpaired) electrons. The molecule has 0 aromatic heterocycles. The summed E-state index contributed by atoms with van der Waals surface area (Å²) in [5.74, 6) is 1.38. The molecule has 0 bridgehead atoms. The highest BCUT2D eigenvalue weighted by Crippen LogP contribution is 2.28. The van der Waals surface area contributed by atoms with Gasteiger partial charge in [0.1, 0.15) is 17.4 Å². The molecule has 0 atom stereocenters. The van der Waals surface area contributed by atoms with Crippen molar-refractivity contribution >= 4 is 34.8 Å². The number of hydrogen-bond acceptors (Lipinski definition) is 8. The highest BCUT2D eigenvalue weighted by atomic mass is 35.5. The van der Waals surface area contributed by atoms with E-state index < -0.39 is 0 Å². The van der Waals surface area contributed by atoms with Crippen molar-refractivity contribution in [2.75, 3.05) is 58.7 Å². The fourth-order valence-corrected chi connectivity index (χ4v) is 4.74. The first-order valence-corrected chi connectivity index (χ1v) is 12.8. The number of anilines is 1. The van der Waals surface area contributed by atoms with Crippen LogP contribution >= 0.6 is 23.2 Å². The minimum absolute atomic E-state index is 0.0111. The number of nitrogens with one attached hydrogen (secondary N) is 2. The standard InChI is InChI=1S/C26H33Cl2N7O2/c1-33-9-11-34(12-10-33)26(36)17-3-6-21(23(14-17)37-2)32-24(29)15-22-25(30)31-7-8-35(22)16-18-13-19(27)4-5-20(18)28/h3-6,13-15,31-32H,7-12,16,29-30H2,1-2H3/b24-15+. The Morgan fingerprint density at radius 2 is 1.89 bits per heavy atom. The van der Waals surface area contributed by atoms with Gasteiger partial charge in [-0.2, -0.15) is 0 Å². The van der Waals surface area contributed by atoms with Crippen molar-refractivity contribution in [3.05, 3.63) is 81.0 Å². The van der Waals surface area contributed by atoms with E-state index in [2.05, 4.69) is 27.5 Å². The van der Waals surface area contributed by atoms with Gasteiger partial charge in [-0.15, -0.1) is 0 Å². The van der Waals surface area contributed by atoms with Crippen LogP contribution in [0, 0.1) is 0 Å². The fraction of sp³-hybridized carbons (Fsp3) is 0.346. The van der Waals surface area contributed by atoms with Crippen LogP contribution in [0.2, 0.25) is 10.0 Å². The molecule has 2 aromatic rings. The Balaban J connectivity index is 1.51. The zero-order valence-corrected chi connectivity index (χ0v) is 22.6. The van der Waals surface area contributed by atoms with E-state index in [4.69, 9.17) is 39.4 Å². The first-order valence-electron chi connectivity index (χ1n) is 12.1. The number of halogens is 2. The van der Waals surface area contributed by atoms with Gasteiger partial charge in [0, 0.05) is 67.5 Å². The van der Waals surface area contributed by atoms with Crippen molar-refractivity contribution in [2.24, 2.45) is 11.5 Å². The van der Waals surface area contributed by atoms with Crippen LogP contribution in [0.3, 0.4) is 0 Å². The zero-order valence-electron chi connectivity index (χ0n) is 21.1. The third-order valence-corrected chi connectivity index (χ3v) is 7.10. The van der Waals surface area contributed by atoms with E-state index in [1.54, 1.807) is 43.5 Å². The first kappa shape index (κ1) is 26.8. The number of likely N-dealkylation sites (N-methyl/N-ethyl adjacent to an activating group) is 1. The molecule has 11 heteroatoms. The number of rotatable bonds is 7. The van der Waals surface area contributed by atoms with Crippen molar-refractivity contribution in [3.63, 3.8) is 0 Å². The Hall–Kier alpha value is -3.27. The van der Waals surface area contributed by atoms with Crippen LogP contribution in [0.4, 0.5) is 5.69 Å². The lowest BCUT2D eigenvalue weighted by Crippen LogP contribution is -2.47. The van der Waals surface area contributed by atoms with Crippen LogP contribution in [0.15, 0.2) is 59.8 Å². The van der Waals surface area contributed by atoms with Gasteiger partial charge in [0.25, 0.3) is 5.91 Å². The van der Waals surface area contributed by atoms with Gasteiger partial charge in [-0.25, -0.2) is 0 Å². The molecule has 1 fully saturated rings. The maximum Gasteiger partial charge on any atom is 0.254 e. The predicted octanol–water partition coefficient (Wildman–Crippen LogP) is 2.83. The summed E-state index contributed by atoms with van der Waals surface area (Å²) in [7, 11) is 3.62. The molecule has 2 aromatic carbocycles. The smallest absolute Gasteiger partial charge is 0.254 e. The van der Waals surface area contributed by atoms with Crippen molar-refractivity contribution in [1.29, 1.82) is 0 Å². The number of hydrogen-bond donors (Lipinski definition) is 4. The molecule has 0 aliphatic carbocycles. The molecule has 4 rings (SSSR count). The fourth-order valence-electron chi connectivity index (χ4n) is 4.37. The normalized spacial score (nSPS) is 17.0. The van der Waals surface area contributed by atoms with Gasteiger partial charge >= 0.3 is 0 Å². The quantitative estimate of drug-likeness (QED) is 0.420. The molecule has 1 saturated heterocycles. The molecule has 0 saturated carbocycles. The van der Waals surface area contributed by atoms with E-state index in [1.165, 1.54) is 0 Å². The van der Waals surface area contributed by atoms with Gasteiger partial charge in [-0.3, -0.25) is 4.79 Å². The summed E-state index contributed by atoms with van der Waals surface area (Å²) in [6.45, 7) is 5.04. The van der Waals surface area contributed by atoms with Gasteiger partial charge in [-0.1, -0.05) is 23.2 Å². The lowest BCUT2D eigenvalue weighted by molar-refractivity contribution is 0.0664.